The van der Waals surface area contributed by atoms with Gasteiger partial charge in [0.2, 0.25) is 0 Å². The van der Waals surface area contributed by atoms with E-state index < -0.39 is 5.97 Å². The third-order valence-corrected chi connectivity index (χ3v) is 3.45. The molecule has 0 saturated carbocycles. The monoisotopic (exact) mass is 304 g/mol. The second kappa shape index (κ2) is 7.31. The molecule has 1 aromatic heterocycles. The summed E-state index contributed by atoms with van der Waals surface area (Å²) >= 11 is 0. The van der Waals surface area contributed by atoms with Crippen molar-refractivity contribution in [1.82, 2.24) is 9.97 Å². The van der Waals surface area contributed by atoms with E-state index in [1.807, 2.05) is 60.7 Å². The number of rotatable bonds is 5. The van der Waals surface area contributed by atoms with Gasteiger partial charge in [-0.3, -0.25) is 0 Å². The van der Waals surface area contributed by atoms with E-state index >= 15 is 0 Å². The molecule has 23 heavy (non-hydrogen) atoms. The van der Waals surface area contributed by atoms with Crippen molar-refractivity contribution in [2.45, 2.75) is 6.42 Å². The summed E-state index contributed by atoms with van der Waals surface area (Å²) < 4.78 is 5.38. The van der Waals surface area contributed by atoms with Gasteiger partial charge in [0.05, 0.1) is 12.3 Å². The predicted molar refractivity (Wildman–Crippen MR) is 87.9 cm³/mol. The summed E-state index contributed by atoms with van der Waals surface area (Å²) in [5, 5.41) is 0. The van der Waals surface area contributed by atoms with Gasteiger partial charge in [-0.05, 0) is 5.56 Å². The molecule has 4 heteroatoms. The van der Waals surface area contributed by atoms with Crippen LogP contribution in [0.4, 0.5) is 0 Å². The maximum Gasteiger partial charge on any atom is 0.341 e. The fraction of sp³-hybridized carbons (Fsp3) is 0.105. The lowest BCUT2D eigenvalue weighted by Crippen LogP contribution is -2.10. The molecule has 0 atom stereocenters. The predicted octanol–water partition coefficient (Wildman–Crippen LogP) is 3.54. The summed E-state index contributed by atoms with van der Waals surface area (Å²) in [4.78, 5) is 20.5. The molecule has 0 aliphatic rings. The lowest BCUT2D eigenvalue weighted by Gasteiger charge is -2.08. The van der Waals surface area contributed by atoms with Crippen molar-refractivity contribution < 1.29 is 9.53 Å². The van der Waals surface area contributed by atoms with Gasteiger partial charge < -0.3 is 4.74 Å². The van der Waals surface area contributed by atoms with Gasteiger partial charge in [0.25, 0.3) is 0 Å². The highest BCUT2D eigenvalue weighted by molar-refractivity contribution is 5.95. The summed E-state index contributed by atoms with van der Waals surface area (Å²) in [5.74, 6) is -0.402. The van der Waals surface area contributed by atoms with E-state index in [-0.39, 0.29) is 0 Å². The van der Waals surface area contributed by atoms with Gasteiger partial charge in [0, 0.05) is 18.2 Å². The molecule has 0 aliphatic carbocycles. The number of carbonyl (C=O) groups excluding carboxylic acids is 1. The zero-order valence-corrected chi connectivity index (χ0v) is 12.6. The van der Waals surface area contributed by atoms with Crippen molar-refractivity contribution in [1.29, 1.82) is 0 Å². The van der Waals surface area contributed by atoms with Crippen LogP contribution in [-0.4, -0.2) is 22.5 Å². The molecule has 0 radical (unpaired) electrons. The quantitative estimate of drug-likeness (QED) is 0.676. The zero-order chi connectivity index (χ0) is 15.9. The van der Waals surface area contributed by atoms with Crippen molar-refractivity contribution in [3.8, 4) is 11.3 Å². The number of hydrogen-bond acceptors (Lipinski definition) is 4. The van der Waals surface area contributed by atoms with Gasteiger partial charge in [0.15, 0.2) is 0 Å². The average Bonchev–Trinajstić information content (AvgIpc) is 2.63. The minimum atomic E-state index is -0.402. The SMILES string of the molecule is O=C(OCCc1ccccc1)c1cncnc1-c1ccccc1. The van der Waals surface area contributed by atoms with Gasteiger partial charge in [-0.1, -0.05) is 60.7 Å². The molecule has 3 aromatic rings. The molecule has 114 valence electrons. The van der Waals surface area contributed by atoms with Gasteiger partial charge in [-0.2, -0.15) is 0 Å². The second-order valence-electron chi connectivity index (χ2n) is 5.02. The summed E-state index contributed by atoms with van der Waals surface area (Å²) in [6.45, 7) is 0.325. The molecule has 0 N–H and O–H groups in total. The Morgan fingerprint density at radius 3 is 2.39 bits per heavy atom. The van der Waals surface area contributed by atoms with Crippen LogP contribution in [0.15, 0.2) is 73.2 Å². The highest BCUT2D eigenvalue weighted by atomic mass is 16.5. The number of benzene rings is 2. The molecule has 0 aliphatic heterocycles. The summed E-state index contributed by atoms with van der Waals surface area (Å²) in [6.07, 6.45) is 3.62. The molecule has 0 spiro atoms. The highest BCUT2D eigenvalue weighted by Gasteiger charge is 2.15. The Bertz CT molecular complexity index is 774. The number of hydrogen-bond donors (Lipinski definition) is 0. The maximum atomic E-state index is 12.3. The zero-order valence-electron chi connectivity index (χ0n) is 12.6. The molecular weight excluding hydrogens is 288 g/mol. The van der Waals surface area contributed by atoms with Gasteiger partial charge in [0.1, 0.15) is 11.9 Å². The number of carbonyl (C=O) groups is 1. The largest absolute Gasteiger partial charge is 0.462 e. The lowest BCUT2D eigenvalue weighted by atomic mass is 10.1. The normalized spacial score (nSPS) is 10.3. The standard InChI is InChI=1S/C19H16N2O2/c22-19(23-12-11-15-7-3-1-4-8-15)17-13-20-14-21-18(17)16-9-5-2-6-10-16/h1-10,13-14H,11-12H2. The summed E-state index contributed by atoms with van der Waals surface area (Å²) in [6, 6.07) is 19.5. The molecule has 1 heterocycles. The Morgan fingerprint density at radius 1 is 0.957 bits per heavy atom. The van der Waals surface area contributed by atoms with Crippen molar-refractivity contribution in [3.63, 3.8) is 0 Å². The highest BCUT2D eigenvalue weighted by Crippen LogP contribution is 2.20. The van der Waals surface area contributed by atoms with Crippen molar-refractivity contribution in [2.75, 3.05) is 6.61 Å². The first kappa shape index (κ1) is 14.9. The van der Waals surface area contributed by atoms with E-state index in [9.17, 15) is 4.79 Å². The van der Waals surface area contributed by atoms with E-state index in [4.69, 9.17) is 4.74 Å². The molecule has 0 amide bonds. The van der Waals surface area contributed by atoms with Crippen LogP contribution in [0.25, 0.3) is 11.3 Å². The van der Waals surface area contributed by atoms with Crippen molar-refractivity contribution >= 4 is 5.97 Å². The smallest absolute Gasteiger partial charge is 0.341 e. The van der Waals surface area contributed by atoms with Crippen LogP contribution < -0.4 is 0 Å². The second-order valence-corrected chi connectivity index (χ2v) is 5.02. The van der Waals surface area contributed by atoms with Gasteiger partial charge in [-0.25, -0.2) is 14.8 Å². The molecule has 0 bridgehead atoms. The van der Waals surface area contributed by atoms with Gasteiger partial charge in [-0.15, -0.1) is 0 Å². The third kappa shape index (κ3) is 3.80. The third-order valence-electron chi connectivity index (χ3n) is 3.45. The molecule has 4 nitrogen and oxygen atoms in total. The van der Waals surface area contributed by atoms with Crippen LogP contribution in [0, 0.1) is 0 Å². The molecule has 2 aromatic carbocycles. The topological polar surface area (TPSA) is 52.1 Å². The van der Waals surface area contributed by atoms with Crippen LogP contribution in [0.1, 0.15) is 15.9 Å². The number of aromatic nitrogens is 2. The Labute approximate surface area is 134 Å². The minimum absolute atomic E-state index is 0.325. The molecule has 0 saturated heterocycles. The molecular formula is C19H16N2O2. The first-order valence-electron chi connectivity index (χ1n) is 7.41. The number of esters is 1. The van der Waals surface area contributed by atoms with Crippen LogP contribution in [0.5, 0.6) is 0 Å². The Balaban J connectivity index is 1.70. The maximum absolute atomic E-state index is 12.3. The minimum Gasteiger partial charge on any atom is -0.462 e. The van der Waals surface area contributed by atoms with E-state index in [1.54, 1.807) is 0 Å². The molecule has 0 unspecified atom stereocenters. The molecule has 3 rings (SSSR count). The Hall–Kier alpha value is -3.01. The molecule has 0 fully saturated rings. The number of nitrogens with zero attached hydrogens (tertiary/aromatic N) is 2. The number of ether oxygens (including phenoxy) is 1. The van der Waals surface area contributed by atoms with E-state index in [0.29, 0.717) is 24.3 Å². The van der Waals surface area contributed by atoms with E-state index in [2.05, 4.69) is 9.97 Å². The fourth-order valence-electron chi connectivity index (χ4n) is 2.29. The van der Waals surface area contributed by atoms with E-state index in [1.165, 1.54) is 12.5 Å². The first-order valence-corrected chi connectivity index (χ1v) is 7.41. The average molecular weight is 304 g/mol. The lowest BCUT2D eigenvalue weighted by molar-refractivity contribution is 0.0509. The van der Waals surface area contributed by atoms with Crippen LogP contribution in [0.3, 0.4) is 0 Å². The Kier molecular flexibility index (Phi) is 4.74. The van der Waals surface area contributed by atoms with Crippen molar-refractivity contribution in [2.24, 2.45) is 0 Å². The Morgan fingerprint density at radius 2 is 1.65 bits per heavy atom. The van der Waals surface area contributed by atoms with Gasteiger partial charge >= 0.3 is 5.97 Å². The first-order chi connectivity index (χ1) is 11.3. The van der Waals surface area contributed by atoms with Crippen molar-refractivity contribution in [3.05, 3.63) is 84.3 Å². The summed E-state index contributed by atoms with van der Waals surface area (Å²) in [7, 11) is 0. The van der Waals surface area contributed by atoms with Crippen LogP contribution in [0.2, 0.25) is 0 Å². The van der Waals surface area contributed by atoms with Crippen LogP contribution in [-0.2, 0) is 11.2 Å². The summed E-state index contributed by atoms with van der Waals surface area (Å²) in [5.41, 5.74) is 2.97. The van der Waals surface area contributed by atoms with E-state index in [0.717, 1.165) is 11.1 Å². The fourth-order valence-corrected chi connectivity index (χ4v) is 2.29. The van der Waals surface area contributed by atoms with Crippen LogP contribution >= 0.6 is 0 Å².